The first kappa shape index (κ1) is 33.6. The Morgan fingerprint density at radius 3 is 2.13 bits per heavy atom. The van der Waals surface area contributed by atoms with Crippen molar-refractivity contribution >= 4 is 35.2 Å². The second kappa shape index (κ2) is 15.2. The van der Waals surface area contributed by atoms with Crippen LogP contribution in [0, 0.1) is 5.82 Å². The number of likely N-dealkylation sites (N-methyl/N-ethyl adjacent to an activating group) is 1. The third kappa shape index (κ3) is 9.17. The molecule has 0 saturated carbocycles. The molecule has 2 aromatic heterocycles. The summed E-state index contributed by atoms with van der Waals surface area (Å²) in [5.41, 5.74) is 4.53. The van der Waals surface area contributed by atoms with E-state index in [0.717, 1.165) is 27.8 Å². The number of aryl methyl sites for hydroxylation is 1. The number of nitrogens with zero attached hydrogens (tertiary/aromatic N) is 6. The summed E-state index contributed by atoms with van der Waals surface area (Å²) < 4.78 is 16.8. The van der Waals surface area contributed by atoms with Crippen LogP contribution in [0.2, 0.25) is 5.02 Å². The smallest absolute Gasteiger partial charge is 0.277 e. The zero-order valence-electron chi connectivity index (χ0n) is 26.3. The summed E-state index contributed by atoms with van der Waals surface area (Å²) in [5, 5.41) is 5.18. The van der Waals surface area contributed by atoms with Gasteiger partial charge in [0, 0.05) is 62.8 Å². The molecule has 0 unspecified atom stereocenters. The average molecular weight is 673 g/mol. The second-order valence-electron chi connectivity index (χ2n) is 11.3. The van der Waals surface area contributed by atoms with Gasteiger partial charge in [0.15, 0.2) is 5.16 Å². The Morgan fingerprint density at radius 1 is 0.872 bits per heavy atom. The van der Waals surface area contributed by atoms with Crippen LogP contribution in [0.3, 0.4) is 0 Å². The van der Waals surface area contributed by atoms with Crippen molar-refractivity contribution in [3.8, 4) is 11.1 Å². The van der Waals surface area contributed by atoms with Gasteiger partial charge in [-0.2, -0.15) is 10.1 Å². The van der Waals surface area contributed by atoms with Crippen LogP contribution in [-0.4, -0.2) is 61.6 Å². The van der Waals surface area contributed by atoms with Crippen molar-refractivity contribution in [1.29, 1.82) is 0 Å². The summed E-state index contributed by atoms with van der Waals surface area (Å²) >= 11 is 7.32. The van der Waals surface area contributed by atoms with Gasteiger partial charge in [0.1, 0.15) is 18.9 Å². The summed E-state index contributed by atoms with van der Waals surface area (Å²) in [6.07, 6.45) is 5.44. The predicted molar refractivity (Wildman–Crippen MR) is 181 cm³/mol. The second-order valence-corrected chi connectivity index (χ2v) is 12.7. The average Bonchev–Trinajstić information content (AvgIpc) is 3.47. The molecule has 0 spiro atoms. The molecule has 12 heteroatoms. The molecule has 0 bridgehead atoms. The summed E-state index contributed by atoms with van der Waals surface area (Å²) in [4.78, 5) is 47.2. The van der Waals surface area contributed by atoms with E-state index in [-0.39, 0.29) is 37.3 Å². The molecule has 2 heterocycles. The first-order chi connectivity index (χ1) is 22.5. The molecule has 47 heavy (non-hydrogen) atoms. The number of hydrogen-bond donors (Lipinski definition) is 0. The molecule has 5 rings (SSSR count). The van der Waals surface area contributed by atoms with Crippen LogP contribution in [0.1, 0.15) is 22.3 Å². The Balaban J connectivity index is 1.41. The van der Waals surface area contributed by atoms with Crippen LogP contribution < -0.4 is 5.56 Å². The van der Waals surface area contributed by atoms with Crippen molar-refractivity contribution in [1.82, 2.24) is 29.1 Å². The molecule has 0 fully saturated rings. The number of rotatable bonds is 12. The van der Waals surface area contributed by atoms with Gasteiger partial charge in [0.25, 0.3) is 5.56 Å². The highest BCUT2D eigenvalue weighted by molar-refractivity contribution is 7.98. The largest absolute Gasteiger partial charge is 0.347 e. The number of amides is 2. The van der Waals surface area contributed by atoms with Gasteiger partial charge in [0.2, 0.25) is 11.8 Å². The van der Waals surface area contributed by atoms with Gasteiger partial charge in [-0.15, -0.1) is 0 Å². The quantitative estimate of drug-likeness (QED) is 0.130. The normalized spacial score (nSPS) is 11.0. The van der Waals surface area contributed by atoms with Crippen LogP contribution in [0.25, 0.3) is 11.1 Å². The molecule has 0 aliphatic rings. The molecule has 0 radical (unpaired) electrons. The topological polar surface area (TPSA) is 93.3 Å². The maximum atomic E-state index is 14.0. The van der Waals surface area contributed by atoms with E-state index in [4.69, 9.17) is 11.6 Å². The molecule has 3 aromatic carbocycles. The third-order valence-corrected chi connectivity index (χ3v) is 8.77. The highest BCUT2D eigenvalue weighted by Crippen LogP contribution is 2.24. The van der Waals surface area contributed by atoms with Gasteiger partial charge >= 0.3 is 0 Å². The highest BCUT2D eigenvalue weighted by Gasteiger charge is 2.21. The SMILES string of the molecule is CN(C)C(=O)CN(Cc1ccc(-c2ccc(Cl)cc2)cc1)C(=O)Cn1cc(Cc2cnn(C)c2)c(=O)nc1SCc1ccc(F)cc1. The monoisotopic (exact) mass is 672 g/mol. The van der Waals surface area contributed by atoms with Crippen molar-refractivity contribution in [2.24, 2.45) is 7.05 Å². The molecule has 0 aliphatic heterocycles. The molecule has 0 aliphatic carbocycles. The molecule has 0 N–H and O–H groups in total. The van der Waals surface area contributed by atoms with Crippen LogP contribution in [-0.2, 0) is 41.9 Å². The zero-order valence-corrected chi connectivity index (χ0v) is 27.8. The van der Waals surface area contributed by atoms with E-state index in [1.165, 1.54) is 33.7 Å². The molecule has 242 valence electrons. The van der Waals surface area contributed by atoms with Crippen LogP contribution in [0.4, 0.5) is 4.39 Å². The minimum absolute atomic E-state index is 0.126. The van der Waals surface area contributed by atoms with Gasteiger partial charge in [-0.05, 0) is 52.1 Å². The van der Waals surface area contributed by atoms with E-state index in [1.54, 1.807) is 54.9 Å². The van der Waals surface area contributed by atoms with E-state index in [9.17, 15) is 18.8 Å². The first-order valence-corrected chi connectivity index (χ1v) is 16.2. The fourth-order valence-corrected chi connectivity index (χ4v) is 5.88. The van der Waals surface area contributed by atoms with Gasteiger partial charge in [-0.25, -0.2) is 4.39 Å². The van der Waals surface area contributed by atoms with Crippen molar-refractivity contribution < 1.29 is 14.0 Å². The number of hydrogen-bond acceptors (Lipinski definition) is 6. The zero-order chi connectivity index (χ0) is 33.5. The molecule has 5 aromatic rings. The Kier molecular flexibility index (Phi) is 10.9. The number of carbonyl (C=O) groups is 2. The summed E-state index contributed by atoms with van der Waals surface area (Å²) in [6, 6.07) is 21.4. The lowest BCUT2D eigenvalue weighted by Gasteiger charge is -2.25. The lowest BCUT2D eigenvalue weighted by atomic mass is 10.0. The maximum Gasteiger partial charge on any atom is 0.277 e. The third-order valence-electron chi connectivity index (χ3n) is 7.45. The van der Waals surface area contributed by atoms with E-state index in [1.807, 2.05) is 54.7 Å². The Hall–Kier alpha value is -4.74. The van der Waals surface area contributed by atoms with Crippen molar-refractivity contribution in [3.05, 3.63) is 135 Å². The van der Waals surface area contributed by atoms with Crippen LogP contribution in [0.15, 0.2) is 101 Å². The van der Waals surface area contributed by atoms with E-state index < -0.39 is 5.56 Å². The van der Waals surface area contributed by atoms with Crippen molar-refractivity contribution in [2.45, 2.75) is 30.4 Å². The summed E-state index contributed by atoms with van der Waals surface area (Å²) in [5.74, 6) is -0.474. The number of carbonyl (C=O) groups excluding carboxylic acids is 2. The molecule has 0 saturated heterocycles. The van der Waals surface area contributed by atoms with E-state index in [0.29, 0.717) is 27.9 Å². The fraction of sp³-hybridized carbons (Fsp3) is 0.229. The molecular weight excluding hydrogens is 639 g/mol. The van der Waals surface area contributed by atoms with Gasteiger partial charge in [-0.3, -0.25) is 19.1 Å². The Morgan fingerprint density at radius 2 is 1.51 bits per heavy atom. The van der Waals surface area contributed by atoms with Crippen molar-refractivity contribution in [2.75, 3.05) is 20.6 Å². The molecular formula is C35H34ClFN6O3S. The number of halogens is 2. The van der Waals surface area contributed by atoms with E-state index in [2.05, 4.69) is 10.1 Å². The van der Waals surface area contributed by atoms with Gasteiger partial charge < -0.3 is 14.4 Å². The van der Waals surface area contributed by atoms with Crippen molar-refractivity contribution in [3.63, 3.8) is 0 Å². The molecule has 0 atom stereocenters. The lowest BCUT2D eigenvalue weighted by Crippen LogP contribution is -2.41. The number of aromatic nitrogens is 4. The highest BCUT2D eigenvalue weighted by atomic mass is 35.5. The first-order valence-electron chi connectivity index (χ1n) is 14.8. The molecule has 9 nitrogen and oxygen atoms in total. The summed E-state index contributed by atoms with van der Waals surface area (Å²) in [6.45, 7) is -0.0742. The minimum Gasteiger partial charge on any atom is -0.347 e. The maximum absolute atomic E-state index is 14.0. The lowest BCUT2D eigenvalue weighted by molar-refractivity contribution is -0.140. The van der Waals surface area contributed by atoms with Gasteiger partial charge in [-0.1, -0.05) is 71.9 Å². The van der Waals surface area contributed by atoms with Crippen LogP contribution in [0.5, 0.6) is 0 Å². The van der Waals surface area contributed by atoms with E-state index >= 15 is 0 Å². The molecule has 2 amide bonds. The Bertz CT molecular complexity index is 1910. The van der Waals surface area contributed by atoms with Crippen LogP contribution >= 0.6 is 23.4 Å². The number of benzene rings is 3. The Labute approximate surface area is 281 Å². The fourth-order valence-electron chi connectivity index (χ4n) is 4.83. The summed E-state index contributed by atoms with van der Waals surface area (Å²) in [7, 11) is 5.08. The van der Waals surface area contributed by atoms with Gasteiger partial charge in [0.05, 0.1) is 6.20 Å². The standard InChI is InChI=1S/C35H34ClFN6O3S/c1-40(2)32(44)21-42(19-24-4-8-27(9-5-24)28-10-12-30(36)13-11-28)33(45)22-43-20-29(16-26-17-38-41(3)18-26)34(46)39-35(43)47-23-25-6-14-31(37)15-7-25/h4-15,17-18,20H,16,19,21-23H2,1-3H3. The number of thioether (sulfide) groups is 1. The minimum atomic E-state index is -0.403. The predicted octanol–water partition coefficient (Wildman–Crippen LogP) is 5.44.